The number of fused-ring (bicyclic) bond motifs is 1. The number of hydrogen-bond acceptors (Lipinski definition) is 4. The highest BCUT2D eigenvalue weighted by Gasteiger charge is 2.41. The van der Waals surface area contributed by atoms with Gasteiger partial charge in [0.05, 0.1) is 5.00 Å². The van der Waals surface area contributed by atoms with Gasteiger partial charge in [-0.15, -0.1) is 11.3 Å². The second-order valence-corrected chi connectivity index (χ2v) is 9.32. The monoisotopic (exact) mass is 356 g/mol. The van der Waals surface area contributed by atoms with Crippen molar-refractivity contribution in [3.05, 3.63) is 39.9 Å². The van der Waals surface area contributed by atoms with Crippen molar-refractivity contribution in [3.63, 3.8) is 0 Å². The van der Waals surface area contributed by atoms with Crippen molar-refractivity contribution in [2.75, 3.05) is 11.4 Å². The molecule has 1 aliphatic carbocycles. The molecule has 4 heteroatoms. The van der Waals surface area contributed by atoms with Gasteiger partial charge in [0.1, 0.15) is 5.82 Å². The zero-order valence-electron chi connectivity index (χ0n) is 16.1. The predicted molar refractivity (Wildman–Crippen MR) is 107 cm³/mol. The van der Waals surface area contributed by atoms with Crippen LogP contribution in [0, 0.1) is 6.92 Å². The third-order valence-electron chi connectivity index (χ3n) is 5.53. The molecule has 0 unspecified atom stereocenters. The van der Waals surface area contributed by atoms with Crippen molar-refractivity contribution in [1.82, 2.24) is 4.98 Å². The predicted octanol–water partition coefficient (Wildman–Crippen LogP) is 5.77. The summed E-state index contributed by atoms with van der Waals surface area (Å²) in [4.78, 5) is 19.2. The van der Waals surface area contributed by atoms with Crippen LogP contribution in [0.2, 0.25) is 0 Å². The van der Waals surface area contributed by atoms with Gasteiger partial charge in [0.15, 0.2) is 6.29 Å². The molecule has 3 rings (SSSR count). The summed E-state index contributed by atoms with van der Waals surface area (Å²) in [6.45, 7) is 14.8. The number of carbonyl (C=O) groups is 1. The molecule has 2 aromatic rings. The molecule has 0 N–H and O–H groups in total. The molecule has 0 atom stereocenters. The molecule has 0 fully saturated rings. The summed E-state index contributed by atoms with van der Waals surface area (Å²) >= 11 is 1.93. The van der Waals surface area contributed by atoms with Gasteiger partial charge in [-0.2, -0.15) is 0 Å². The van der Waals surface area contributed by atoms with Crippen LogP contribution in [0.5, 0.6) is 0 Å². The van der Waals surface area contributed by atoms with Gasteiger partial charge in [-0.05, 0) is 60.8 Å². The van der Waals surface area contributed by atoms with Gasteiger partial charge < -0.3 is 4.90 Å². The Morgan fingerprint density at radius 1 is 1.20 bits per heavy atom. The average molecular weight is 357 g/mol. The standard InChI is InChI=1S/C21H28N2OS/c1-7-23(16-9-8-15(13-24)12-22-16)19-14(2)17-18(25-19)21(5,6)11-10-20(17,3)4/h8-9,12-13H,7,10-11H2,1-6H3. The van der Waals surface area contributed by atoms with Crippen LogP contribution in [-0.2, 0) is 10.8 Å². The number of aromatic nitrogens is 1. The lowest BCUT2D eigenvalue weighted by molar-refractivity contribution is 0.112. The maximum absolute atomic E-state index is 10.9. The van der Waals surface area contributed by atoms with E-state index in [9.17, 15) is 4.79 Å². The van der Waals surface area contributed by atoms with Gasteiger partial charge >= 0.3 is 0 Å². The van der Waals surface area contributed by atoms with E-state index < -0.39 is 0 Å². The molecule has 0 aliphatic heterocycles. The number of rotatable bonds is 4. The number of nitrogens with zero attached hydrogens (tertiary/aromatic N) is 2. The highest BCUT2D eigenvalue weighted by Crippen LogP contribution is 2.54. The normalized spacial score (nSPS) is 17.8. The highest BCUT2D eigenvalue weighted by atomic mass is 32.1. The fourth-order valence-electron chi connectivity index (χ4n) is 3.95. The maximum Gasteiger partial charge on any atom is 0.151 e. The van der Waals surface area contributed by atoms with Crippen molar-refractivity contribution in [2.45, 2.75) is 65.2 Å². The first kappa shape index (κ1) is 18.1. The zero-order valence-corrected chi connectivity index (χ0v) is 17.0. The van der Waals surface area contributed by atoms with E-state index in [-0.39, 0.29) is 10.8 Å². The minimum Gasteiger partial charge on any atom is -0.318 e. The number of anilines is 2. The molecule has 0 bridgehead atoms. The van der Waals surface area contributed by atoms with Crippen molar-refractivity contribution in [2.24, 2.45) is 0 Å². The van der Waals surface area contributed by atoms with Gasteiger partial charge in [0, 0.05) is 23.2 Å². The Balaban J connectivity index is 2.13. The van der Waals surface area contributed by atoms with Crippen LogP contribution in [0.1, 0.15) is 73.8 Å². The Hall–Kier alpha value is -1.68. The van der Waals surface area contributed by atoms with Crippen molar-refractivity contribution < 1.29 is 4.79 Å². The summed E-state index contributed by atoms with van der Waals surface area (Å²) < 4.78 is 0. The summed E-state index contributed by atoms with van der Waals surface area (Å²) in [6.07, 6.45) is 4.95. The van der Waals surface area contributed by atoms with Crippen molar-refractivity contribution >= 4 is 28.4 Å². The third-order valence-corrected chi connectivity index (χ3v) is 7.21. The number of aldehydes is 1. The van der Waals surface area contributed by atoms with Crippen LogP contribution in [0.3, 0.4) is 0 Å². The van der Waals surface area contributed by atoms with E-state index in [1.165, 1.54) is 33.8 Å². The van der Waals surface area contributed by atoms with Gasteiger partial charge in [-0.3, -0.25) is 4.79 Å². The number of carbonyl (C=O) groups excluding carboxylic acids is 1. The van der Waals surface area contributed by atoms with E-state index in [1.807, 2.05) is 23.5 Å². The quantitative estimate of drug-likeness (QED) is 0.652. The summed E-state index contributed by atoms with van der Waals surface area (Å²) in [5.41, 5.74) is 3.99. The molecule has 0 spiro atoms. The smallest absolute Gasteiger partial charge is 0.151 e. The molecule has 0 radical (unpaired) electrons. The molecular formula is C21H28N2OS. The van der Waals surface area contributed by atoms with Gasteiger partial charge in [-0.25, -0.2) is 4.98 Å². The van der Waals surface area contributed by atoms with Gasteiger partial charge in [-0.1, -0.05) is 27.7 Å². The Labute approximate surface area is 155 Å². The lowest BCUT2D eigenvalue weighted by Gasteiger charge is -2.39. The summed E-state index contributed by atoms with van der Waals surface area (Å²) in [7, 11) is 0. The first-order valence-corrected chi connectivity index (χ1v) is 9.86. The van der Waals surface area contributed by atoms with E-state index in [2.05, 4.69) is 51.4 Å². The van der Waals surface area contributed by atoms with Crippen molar-refractivity contribution in [1.29, 1.82) is 0 Å². The Morgan fingerprint density at radius 3 is 2.40 bits per heavy atom. The van der Waals surface area contributed by atoms with E-state index in [0.29, 0.717) is 5.56 Å². The summed E-state index contributed by atoms with van der Waals surface area (Å²) in [6, 6.07) is 3.79. The van der Waals surface area contributed by atoms with E-state index in [1.54, 1.807) is 6.20 Å². The number of pyridine rings is 1. The molecule has 2 aromatic heterocycles. The van der Waals surface area contributed by atoms with E-state index in [4.69, 9.17) is 0 Å². The largest absolute Gasteiger partial charge is 0.318 e. The molecule has 2 heterocycles. The van der Waals surface area contributed by atoms with E-state index in [0.717, 1.165) is 18.6 Å². The lowest BCUT2D eigenvalue weighted by atomic mass is 9.66. The first-order valence-electron chi connectivity index (χ1n) is 9.04. The minimum absolute atomic E-state index is 0.220. The second-order valence-electron chi connectivity index (χ2n) is 8.32. The topological polar surface area (TPSA) is 33.2 Å². The molecular weight excluding hydrogens is 328 g/mol. The van der Waals surface area contributed by atoms with Gasteiger partial charge in [0.2, 0.25) is 0 Å². The summed E-state index contributed by atoms with van der Waals surface area (Å²) in [5.74, 6) is 0.908. The Kier molecular flexibility index (Phi) is 4.52. The first-order chi connectivity index (χ1) is 11.7. The van der Waals surface area contributed by atoms with Crippen molar-refractivity contribution in [3.8, 4) is 0 Å². The van der Waals surface area contributed by atoms with Crippen LogP contribution in [-0.4, -0.2) is 17.8 Å². The third kappa shape index (κ3) is 3.01. The highest BCUT2D eigenvalue weighted by molar-refractivity contribution is 7.16. The molecule has 0 saturated carbocycles. The maximum atomic E-state index is 10.9. The van der Waals surface area contributed by atoms with Crippen LogP contribution in [0.25, 0.3) is 0 Å². The number of hydrogen-bond donors (Lipinski definition) is 0. The SMILES string of the molecule is CCN(c1ccc(C=O)cn1)c1sc2c(c1C)C(C)(C)CCC2(C)C. The Morgan fingerprint density at radius 2 is 1.88 bits per heavy atom. The fourth-order valence-corrected chi connectivity index (χ4v) is 5.64. The molecule has 0 aromatic carbocycles. The van der Waals surface area contributed by atoms with Gasteiger partial charge in [0.25, 0.3) is 0 Å². The average Bonchev–Trinajstić information content (AvgIpc) is 2.93. The van der Waals surface area contributed by atoms with E-state index >= 15 is 0 Å². The lowest BCUT2D eigenvalue weighted by Crippen LogP contribution is -2.32. The van der Waals surface area contributed by atoms with Crippen LogP contribution in [0.4, 0.5) is 10.8 Å². The molecule has 0 saturated heterocycles. The minimum atomic E-state index is 0.220. The Bertz CT molecular complexity index is 787. The molecule has 3 nitrogen and oxygen atoms in total. The zero-order chi connectivity index (χ0) is 18.4. The fraction of sp³-hybridized carbons (Fsp3) is 0.524. The molecule has 25 heavy (non-hydrogen) atoms. The van der Waals surface area contributed by atoms with Crippen LogP contribution < -0.4 is 4.90 Å². The molecule has 0 amide bonds. The molecule has 1 aliphatic rings. The number of thiophene rings is 1. The van der Waals surface area contributed by atoms with Crippen LogP contribution in [0.15, 0.2) is 18.3 Å². The van der Waals surface area contributed by atoms with Crippen LogP contribution >= 0.6 is 11.3 Å². The second kappa shape index (κ2) is 6.24. The summed E-state index contributed by atoms with van der Waals surface area (Å²) in [5, 5.41) is 1.29. The molecule has 134 valence electrons.